The normalized spacial score (nSPS) is 27.8. The lowest BCUT2D eigenvalue weighted by molar-refractivity contribution is -0.137. The number of rotatable bonds is 8. The smallest absolute Gasteiger partial charge is 0.238 e. The summed E-state index contributed by atoms with van der Waals surface area (Å²) in [5, 5.41) is 29.3. The zero-order chi connectivity index (χ0) is 39.4. The number of anilines is 1. The molecule has 1 saturated heterocycles. The Morgan fingerprint density at radius 1 is 0.911 bits per heavy atom. The van der Waals surface area contributed by atoms with Crippen molar-refractivity contribution in [1.82, 2.24) is 15.2 Å². The second-order valence-corrected chi connectivity index (χ2v) is 17.9. The molecule has 11 heteroatoms. The molecule has 4 aromatic rings. The summed E-state index contributed by atoms with van der Waals surface area (Å²) < 4.78 is 17.1. The van der Waals surface area contributed by atoms with Crippen molar-refractivity contribution < 1.29 is 24.2 Å². The minimum atomic E-state index is -1.58. The van der Waals surface area contributed by atoms with Crippen molar-refractivity contribution in [1.29, 1.82) is 0 Å². The zero-order valence-electron chi connectivity index (χ0n) is 31.7. The molecule has 2 aliphatic carbocycles. The Morgan fingerprint density at radius 3 is 2.20 bits per heavy atom. The zero-order valence-corrected chi connectivity index (χ0v) is 33.2. The Hall–Kier alpha value is -3.86. The topological polar surface area (TPSA) is 115 Å². The van der Waals surface area contributed by atoms with Crippen LogP contribution in [0, 0.1) is 17.2 Å². The molecule has 3 fully saturated rings. The van der Waals surface area contributed by atoms with Gasteiger partial charge in [0.15, 0.2) is 0 Å². The van der Waals surface area contributed by atoms with E-state index in [1.807, 2.05) is 60.7 Å². The number of benzene rings is 3. The molecule has 8 rings (SSSR count). The van der Waals surface area contributed by atoms with Gasteiger partial charge in [-0.15, -0.1) is 0 Å². The molecule has 56 heavy (non-hydrogen) atoms. The predicted octanol–water partition coefficient (Wildman–Crippen LogP) is 8.67. The molecule has 5 atom stereocenters. The summed E-state index contributed by atoms with van der Waals surface area (Å²) in [5.41, 5.74) is -0.749. The lowest BCUT2D eigenvalue weighted by Gasteiger charge is -2.56. The van der Waals surface area contributed by atoms with Gasteiger partial charge in [0.05, 0.1) is 23.2 Å². The van der Waals surface area contributed by atoms with Gasteiger partial charge >= 0.3 is 0 Å². The molecular weight excluding hydrogens is 750 g/mol. The summed E-state index contributed by atoms with van der Waals surface area (Å²) >= 11 is 13.1. The van der Waals surface area contributed by atoms with Crippen molar-refractivity contribution in [3.63, 3.8) is 0 Å². The van der Waals surface area contributed by atoms with E-state index in [2.05, 4.69) is 34.4 Å². The molecule has 4 N–H and O–H groups in total. The van der Waals surface area contributed by atoms with Gasteiger partial charge < -0.3 is 20.8 Å². The van der Waals surface area contributed by atoms with Crippen LogP contribution in [0.3, 0.4) is 0 Å². The molecule has 1 aromatic heterocycles. The number of fused-ring (bicyclic) bond motifs is 3. The maximum Gasteiger partial charge on any atom is 0.238 e. The molecule has 2 saturated carbocycles. The number of nitrogens with one attached hydrogen (secondary N) is 2. The average molecular weight is 800 g/mol. The summed E-state index contributed by atoms with van der Waals surface area (Å²) in [5.74, 6) is -2.12. The maximum absolute atomic E-state index is 17.1. The highest BCUT2D eigenvalue weighted by Crippen LogP contribution is 2.69. The Balaban J connectivity index is 1.46. The van der Waals surface area contributed by atoms with Crippen LogP contribution in [-0.2, 0) is 15.0 Å². The quantitative estimate of drug-likeness (QED) is 0.133. The molecule has 2 amide bonds. The highest BCUT2D eigenvalue weighted by molar-refractivity contribution is 6.31. The van der Waals surface area contributed by atoms with Gasteiger partial charge in [-0.3, -0.25) is 14.5 Å². The Kier molecular flexibility index (Phi) is 10.5. The Bertz CT molecular complexity index is 2090. The standard InChI is InChI=1S/C45H49Cl2FN4O4/c1-43(2)22-24-44(25-23-43)45(32-20-21-34(47)50-40(32)51-42(45)56)35(31-14-9-15-33(46)36(31)48)38(41(55)49-30-18-16-27(26-53)17-19-30)52(44)37(28-10-5-3-6-11-28)39(54)29-12-7-4-8-13-29/h3-15,20-21,27,30,35,37-39,53-54H,16-19,22-26H2,1-2H3,(H,49,55)(H,50,51,56)/t27-,30-,35-,37+,38+,39-,45+/m0/s1. The predicted molar refractivity (Wildman–Crippen MR) is 216 cm³/mol. The fourth-order valence-electron chi connectivity index (χ4n) is 10.7. The van der Waals surface area contributed by atoms with E-state index in [0.29, 0.717) is 49.7 Å². The first-order valence-electron chi connectivity index (χ1n) is 19.8. The maximum atomic E-state index is 17.1. The van der Waals surface area contributed by atoms with E-state index in [-0.39, 0.29) is 51.4 Å². The number of aromatic nitrogens is 1. The van der Waals surface area contributed by atoms with Crippen molar-refractivity contribution >= 4 is 40.8 Å². The largest absolute Gasteiger partial charge is 0.396 e. The minimum Gasteiger partial charge on any atom is -0.396 e. The monoisotopic (exact) mass is 798 g/mol. The van der Waals surface area contributed by atoms with Gasteiger partial charge in [-0.2, -0.15) is 0 Å². The number of nitrogens with zero attached hydrogens (tertiary/aromatic N) is 2. The van der Waals surface area contributed by atoms with Crippen molar-refractivity contribution in [2.75, 3.05) is 11.9 Å². The number of carbonyl (C=O) groups is 2. The van der Waals surface area contributed by atoms with Crippen LogP contribution in [-0.4, -0.2) is 56.1 Å². The summed E-state index contributed by atoms with van der Waals surface area (Å²) in [7, 11) is 0. The van der Waals surface area contributed by atoms with Crippen molar-refractivity contribution in [2.24, 2.45) is 11.3 Å². The number of pyridine rings is 1. The number of hydrogen-bond acceptors (Lipinski definition) is 6. The number of hydrogen-bond donors (Lipinski definition) is 4. The van der Waals surface area contributed by atoms with Crippen LogP contribution in [0.5, 0.6) is 0 Å². The van der Waals surface area contributed by atoms with E-state index in [1.165, 1.54) is 6.07 Å². The van der Waals surface area contributed by atoms with Crippen molar-refractivity contribution in [2.45, 2.75) is 106 Å². The molecule has 2 aliphatic heterocycles. The number of halogens is 3. The first kappa shape index (κ1) is 39.0. The number of likely N-dealkylation sites (tertiary alicyclic amines) is 1. The van der Waals surface area contributed by atoms with Crippen molar-refractivity contribution in [3.8, 4) is 0 Å². The van der Waals surface area contributed by atoms with Gasteiger partial charge in [0, 0.05) is 29.7 Å². The molecule has 0 bridgehead atoms. The van der Waals surface area contributed by atoms with Crippen LogP contribution in [0.4, 0.5) is 10.2 Å². The third-order valence-corrected chi connectivity index (χ3v) is 14.0. The average Bonchev–Trinajstić information content (AvgIpc) is 3.63. The third-order valence-electron chi connectivity index (χ3n) is 13.5. The number of aliphatic hydroxyl groups excluding tert-OH is 2. The van der Waals surface area contributed by atoms with Crippen molar-refractivity contribution in [3.05, 3.63) is 129 Å². The van der Waals surface area contributed by atoms with E-state index in [9.17, 15) is 10.2 Å². The molecule has 8 nitrogen and oxygen atoms in total. The fraction of sp³-hybridized carbons (Fsp3) is 0.444. The van der Waals surface area contributed by atoms with Crippen LogP contribution in [0.2, 0.25) is 10.2 Å². The van der Waals surface area contributed by atoms with Crippen LogP contribution < -0.4 is 10.6 Å². The van der Waals surface area contributed by atoms with E-state index in [1.54, 1.807) is 24.3 Å². The SMILES string of the molecule is CC1(C)CCC2(CC1)N([C@H](c1ccccc1)[C@@H](O)c1ccccc1)[C@@H](C(=O)N[C@H]1CC[C@H](CO)CC1)[C@H](c1cccc(Cl)c1F)[C@]21C(=O)Nc2nc(Cl)ccc21. The molecule has 0 unspecified atom stereocenters. The molecular formula is C45H49Cl2FN4O4. The number of carbonyl (C=O) groups excluding carboxylic acids is 2. The van der Waals surface area contributed by atoms with Gasteiger partial charge in [0.1, 0.15) is 22.2 Å². The van der Waals surface area contributed by atoms with Gasteiger partial charge in [0.25, 0.3) is 0 Å². The van der Waals surface area contributed by atoms with E-state index >= 15 is 14.0 Å². The van der Waals surface area contributed by atoms with Gasteiger partial charge in [-0.05, 0) is 91.5 Å². The Labute approximate surface area is 337 Å². The molecule has 294 valence electrons. The molecule has 4 aliphatic rings. The lowest BCUT2D eigenvalue weighted by atomic mass is 9.53. The van der Waals surface area contributed by atoms with Gasteiger partial charge in [0.2, 0.25) is 11.8 Å². The number of aliphatic hydroxyl groups is 2. The second kappa shape index (κ2) is 15.1. The fourth-order valence-corrected chi connectivity index (χ4v) is 11.1. The summed E-state index contributed by atoms with van der Waals surface area (Å²) in [6.45, 7) is 4.52. The van der Waals surface area contributed by atoms with E-state index in [4.69, 9.17) is 23.2 Å². The summed E-state index contributed by atoms with van der Waals surface area (Å²) in [6.07, 6.45) is 4.02. The van der Waals surface area contributed by atoms with Gasteiger partial charge in [-0.25, -0.2) is 9.37 Å². The van der Waals surface area contributed by atoms with E-state index < -0.39 is 46.8 Å². The Morgan fingerprint density at radius 2 is 1.55 bits per heavy atom. The van der Waals surface area contributed by atoms with Gasteiger partial charge in [-0.1, -0.05) is 116 Å². The molecule has 3 aromatic carbocycles. The highest BCUT2D eigenvalue weighted by Gasteiger charge is 2.77. The van der Waals surface area contributed by atoms with Crippen LogP contribution in [0.1, 0.15) is 106 Å². The first-order valence-corrected chi connectivity index (χ1v) is 20.6. The lowest BCUT2D eigenvalue weighted by Crippen LogP contribution is -2.64. The summed E-state index contributed by atoms with van der Waals surface area (Å²) in [6, 6.07) is 25.0. The molecule has 0 radical (unpaired) electrons. The minimum absolute atomic E-state index is 0.0945. The van der Waals surface area contributed by atoms with Crippen LogP contribution >= 0.6 is 23.2 Å². The summed E-state index contributed by atoms with van der Waals surface area (Å²) in [4.78, 5) is 38.0. The second-order valence-electron chi connectivity index (χ2n) is 17.1. The molecule has 3 heterocycles. The number of amides is 2. The van der Waals surface area contributed by atoms with E-state index in [0.717, 1.165) is 18.4 Å². The first-order chi connectivity index (χ1) is 26.9. The van der Waals surface area contributed by atoms with Crippen LogP contribution in [0.25, 0.3) is 0 Å². The third kappa shape index (κ3) is 6.34. The molecule has 2 spiro atoms. The highest BCUT2D eigenvalue weighted by atomic mass is 35.5. The van der Waals surface area contributed by atoms with Crippen LogP contribution in [0.15, 0.2) is 91.0 Å².